The van der Waals surface area contributed by atoms with E-state index in [1.54, 1.807) is 7.11 Å². The van der Waals surface area contributed by atoms with Crippen LogP contribution in [0.3, 0.4) is 0 Å². The van der Waals surface area contributed by atoms with E-state index in [2.05, 4.69) is 16.0 Å². The minimum absolute atomic E-state index is 0.509. The molecule has 4 nitrogen and oxygen atoms in total. The summed E-state index contributed by atoms with van der Waals surface area (Å²) in [7, 11) is 1.73. The molecule has 0 radical (unpaired) electrons. The molecular formula is C17H18ClN3O. The summed E-state index contributed by atoms with van der Waals surface area (Å²) >= 11 is 6.19. The van der Waals surface area contributed by atoms with Crippen LogP contribution in [0.4, 0.5) is 5.82 Å². The van der Waals surface area contributed by atoms with Crippen LogP contribution >= 0.6 is 11.6 Å². The second-order valence-electron chi connectivity index (χ2n) is 5.95. The molecule has 22 heavy (non-hydrogen) atoms. The maximum absolute atomic E-state index is 6.19. The zero-order valence-corrected chi connectivity index (χ0v) is 13.3. The summed E-state index contributed by atoms with van der Waals surface area (Å²) in [6.45, 7) is 1.76. The van der Waals surface area contributed by atoms with Crippen LogP contribution in [0.5, 0.6) is 5.75 Å². The van der Waals surface area contributed by atoms with Crippen LogP contribution in [0.1, 0.15) is 35.7 Å². The number of rotatable bonds is 3. The molecule has 5 heteroatoms. The summed E-state index contributed by atoms with van der Waals surface area (Å²) in [5, 5.41) is 0.545. The highest BCUT2D eigenvalue weighted by Crippen LogP contribution is 2.39. The largest absolute Gasteiger partial charge is 0.496 e. The molecule has 1 aliphatic heterocycles. The molecule has 0 unspecified atom stereocenters. The van der Waals surface area contributed by atoms with E-state index >= 15 is 0 Å². The van der Waals surface area contributed by atoms with Gasteiger partial charge in [-0.3, -0.25) is 0 Å². The number of methoxy groups -OCH3 is 1. The van der Waals surface area contributed by atoms with Gasteiger partial charge in [-0.1, -0.05) is 23.7 Å². The normalized spacial score (nSPS) is 17.3. The Morgan fingerprint density at radius 2 is 2.14 bits per heavy atom. The third-order valence-electron chi connectivity index (χ3n) is 4.41. The smallest absolute Gasteiger partial charge is 0.135 e. The maximum atomic E-state index is 6.19. The minimum Gasteiger partial charge on any atom is -0.496 e. The predicted molar refractivity (Wildman–Crippen MR) is 86.8 cm³/mol. The first-order valence-electron chi connectivity index (χ1n) is 7.69. The Hall–Kier alpha value is -1.81. The van der Waals surface area contributed by atoms with Gasteiger partial charge in [-0.2, -0.15) is 0 Å². The SMILES string of the molecule is COc1cccc2c1CCN(c1cc(Cl)nc(C3CC3)n1)C2. The lowest BCUT2D eigenvalue weighted by Gasteiger charge is -2.30. The highest BCUT2D eigenvalue weighted by molar-refractivity contribution is 6.29. The van der Waals surface area contributed by atoms with Crippen molar-refractivity contribution in [1.29, 1.82) is 0 Å². The molecule has 1 aromatic carbocycles. The van der Waals surface area contributed by atoms with Crippen LogP contribution in [0, 0.1) is 0 Å². The number of hydrogen-bond acceptors (Lipinski definition) is 4. The minimum atomic E-state index is 0.509. The standard InChI is InChI=1S/C17H18ClN3O/c1-22-14-4-2-3-12-10-21(8-7-13(12)14)16-9-15(18)19-17(20-16)11-5-6-11/h2-4,9,11H,5-8,10H2,1H3. The monoisotopic (exact) mass is 315 g/mol. The fraction of sp³-hybridized carbons (Fsp3) is 0.412. The molecule has 2 aliphatic rings. The molecule has 0 spiro atoms. The van der Waals surface area contributed by atoms with Crippen molar-refractivity contribution in [3.8, 4) is 5.75 Å². The summed E-state index contributed by atoms with van der Waals surface area (Å²) in [6.07, 6.45) is 3.32. The third kappa shape index (κ3) is 2.52. The van der Waals surface area contributed by atoms with Crippen LogP contribution in [-0.2, 0) is 13.0 Å². The second kappa shape index (κ2) is 5.43. The Bertz CT molecular complexity index is 715. The number of hydrogen-bond donors (Lipinski definition) is 0. The predicted octanol–water partition coefficient (Wildman–Crippen LogP) is 3.58. The molecule has 2 aromatic rings. The van der Waals surface area contributed by atoms with Gasteiger partial charge >= 0.3 is 0 Å². The van der Waals surface area contributed by atoms with E-state index in [1.807, 2.05) is 18.2 Å². The molecular weight excluding hydrogens is 298 g/mol. The van der Waals surface area contributed by atoms with Gasteiger partial charge in [0, 0.05) is 30.6 Å². The van der Waals surface area contributed by atoms with Crippen molar-refractivity contribution < 1.29 is 4.74 Å². The number of anilines is 1. The average molecular weight is 316 g/mol. The Morgan fingerprint density at radius 3 is 2.91 bits per heavy atom. The number of fused-ring (bicyclic) bond motifs is 1. The first-order valence-corrected chi connectivity index (χ1v) is 8.06. The Balaban J connectivity index is 1.64. The van der Waals surface area contributed by atoms with Crippen molar-refractivity contribution >= 4 is 17.4 Å². The molecule has 0 saturated heterocycles. The van der Waals surface area contributed by atoms with E-state index in [9.17, 15) is 0 Å². The van der Waals surface area contributed by atoms with Gasteiger partial charge in [-0.25, -0.2) is 9.97 Å². The highest BCUT2D eigenvalue weighted by Gasteiger charge is 2.28. The van der Waals surface area contributed by atoms with Crippen molar-refractivity contribution in [3.05, 3.63) is 46.4 Å². The van der Waals surface area contributed by atoms with Gasteiger partial charge in [0.2, 0.25) is 0 Å². The van der Waals surface area contributed by atoms with Crippen molar-refractivity contribution in [2.75, 3.05) is 18.6 Å². The molecule has 1 fully saturated rings. The zero-order chi connectivity index (χ0) is 15.1. The Kier molecular flexibility index (Phi) is 3.41. The van der Waals surface area contributed by atoms with Gasteiger partial charge in [0.15, 0.2) is 0 Å². The van der Waals surface area contributed by atoms with E-state index in [0.29, 0.717) is 11.1 Å². The molecule has 1 aromatic heterocycles. The van der Waals surface area contributed by atoms with E-state index in [4.69, 9.17) is 21.3 Å². The quantitative estimate of drug-likeness (QED) is 0.812. The summed E-state index contributed by atoms with van der Waals surface area (Å²) in [4.78, 5) is 11.4. The van der Waals surface area contributed by atoms with Gasteiger partial charge in [-0.15, -0.1) is 0 Å². The first kappa shape index (κ1) is 13.8. The lowest BCUT2D eigenvalue weighted by Crippen LogP contribution is -2.31. The second-order valence-corrected chi connectivity index (χ2v) is 6.34. The number of aromatic nitrogens is 2. The van der Waals surface area contributed by atoms with Gasteiger partial charge < -0.3 is 9.64 Å². The van der Waals surface area contributed by atoms with Crippen molar-refractivity contribution in [1.82, 2.24) is 9.97 Å². The van der Waals surface area contributed by atoms with E-state index in [1.165, 1.54) is 24.0 Å². The van der Waals surface area contributed by atoms with Crippen LogP contribution in [0.25, 0.3) is 0 Å². The Labute approximate surface area is 135 Å². The molecule has 0 N–H and O–H groups in total. The van der Waals surface area contributed by atoms with Crippen LogP contribution < -0.4 is 9.64 Å². The molecule has 1 aliphatic carbocycles. The highest BCUT2D eigenvalue weighted by atomic mass is 35.5. The molecule has 0 atom stereocenters. The maximum Gasteiger partial charge on any atom is 0.135 e. The first-order chi connectivity index (χ1) is 10.7. The topological polar surface area (TPSA) is 38.2 Å². The van der Waals surface area contributed by atoms with Crippen LogP contribution in [-0.4, -0.2) is 23.6 Å². The van der Waals surface area contributed by atoms with Crippen molar-refractivity contribution in [2.45, 2.75) is 31.7 Å². The van der Waals surface area contributed by atoms with E-state index < -0.39 is 0 Å². The number of halogens is 1. The van der Waals surface area contributed by atoms with Gasteiger partial charge in [0.05, 0.1) is 7.11 Å². The molecule has 2 heterocycles. The summed E-state index contributed by atoms with van der Waals surface area (Å²) in [5.74, 6) is 3.33. The zero-order valence-electron chi connectivity index (χ0n) is 12.6. The number of nitrogens with zero attached hydrogens (tertiary/aromatic N) is 3. The molecule has 0 bridgehead atoms. The fourth-order valence-corrected chi connectivity index (χ4v) is 3.25. The fourth-order valence-electron chi connectivity index (χ4n) is 3.07. The average Bonchev–Trinajstić information content (AvgIpc) is 3.38. The third-order valence-corrected chi connectivity index (χ3v) is 4.60. The van der Waals surface area contributed by atoms with Crippen molar-refractivity contribution in [2.24, 2.45) is 0 Å². The molecule has 1 saturated carbocycles. The molecule has 114 valence electrons. The summed E-state index contributed by atoms with van der Waals surface area (Å²) in [6, 6.07) is 8.11. The molecule has 0 amide bonds. The lowest BCUT2D eigenvalue weighted by molar-refractivity contribution is 0.407. The van der Waals surface area contributed by atoms with Gasteiger partial charge in [-0.05, 0) is 30.9 Å². The van der Waals surface area contributed by atoms with Crippen LogP contribution in [0.2, 0.25) is 5.15 Å². The Morgan fingerprint density at radius 1 is 1.27 bits per heavy atom. The number of benzene rings is 1. The van der Waals surface area contributed by atoms with Gasteiger partial charge in [0.25, 0.3) is 0 Å². The van der Waals surface area contributed by atoms with Crippen LogP contribution in [0.15, 0.2) is 24.3 Å². The van der Waals surface area contributed by atoms with Crippen molar-refractivity contribution in [3.63, 3.8) is 0 Å². The molecule has 4 rings (SSSR count). The number of ether oxygens (including phenoxy) is 1. The summed E-state index contributed by atoms with van der Waals surface area (Å²) in [5.41, 5.74) is 2.61. The summed E-state index contributed by atoms with van der Waals surface area (Å²) < 4.78 is 5.47. The lowest BCUT2D eigenvalue weighted by atomic mass is 9.99. The van der Waals surface area contributed by atoms with Gasteiger partial charge in [0.1, 0.15) is 22.5 Å². The van der Waals surface area contributed by atoms with E-state index in [0.717, 1.165) is 36.9 Å². The van der Waals surface area contributed by atoms with E-state index in [-0.39, 0.29) is 0 Å².